The summed E-state index contributed by atoms with van der Waals surface area (Å²) in [6.45, 7) is 3.91. The minimum absolute atomic E-state index is 0.0139. The number of nitrogens with one attached hydrogen (secondary N) is 1. The highest BCUT2D eigenvalue weighted by Crippen LogP contribution is 2.27. The molecule has 5 heteroatoms. The first-order valence-corrected chi connectivity index (χ1v) is 9.22. The number of halogens is 1. The molecule has 0 radical (unpaired) electrons. The average molecular weight is 356 g/mol. The monoisotopic (exact) mass is 356 g/mol. The average Bonchev–Trinajstić information content (AvgIpc) is 3.21. The molecule has 1 aromatic carbocycles. The Morgan fingerprint density at radius 2 is 1.85 bits per heavy atom. The quantitative estimate of drug-likeness (QED) is 0.787. The molecule has 1 fully saturated rings. The van der Waals surface area contributed by atoms with E-state index in [0.717, 1.165) is 29.8 Å². The van der Waals surface area contributed by atoms with Crippen molar-refractivity contribution in [2.75, 3.05) is 0 Å². The van der Waals surface area contributed by atoms with Gasteiger partial charge in [0.05, 0.1) is 0 Å². The van der Waals surface area contributed by atoms with Crippen molar-refractivity contribution in [2.24, 2.45) is 0 Å². The second-order valence-corrected chi connectivity index (χ2v) is 7.04. The molecule has 1 saturated carbocycles. The van der Waals surface area contributed by atoms with Crippen LogP contribution in [-0.4, -0.2) is 22.3 Å². The van der Waals surface area contributed by atoms with Crippen molar-refractivity contribution in [3.05, 3.63) is 47.4 Å². The van der Waals surface area contributed by atoms with E-state index in [4.69, 9.17) is 0 Å². The lowest BCUT2D eigenvalue weighted by atomic mass is 10.1. The van der Waals surface area contributed by atoms with Crippen LogP contribution in [0.25, 0.3) is 11.3 Å². The highest BCUT2D eigenvalue weighted by molar-refractivity contribution is 5.96. The van der Waals surface area contributed by atoms with Crippen molar-refractivity contribution in [1.29, 1.82) is 0 Å². The SMILES string of the molecule is CC(=O)c1cc(-c2ccc(F)cc2)n(CCC(=O)NC2CCCC2)c1C. The molecule has 4 nitrogen and oxygen atoms in total. The van der Waals surface area contributed by atoms with Crippen molar-refractivity contribution < 1.29 is 14.0 Å². The minimum Gasteiger partial charge on any atom is -0.353 e. The van der Waals surface area contributed by atoms with E-state index in [-0.39, 0.29) is 17.5 Å². The number of aromatic nitrogens is 1. The molecule has 1 amide bonds. The summed E-state index contributed by atoms with van der Waals surface area (Å²) in [7, 11) is 0. The number of hydrogen-bond donors (Lipinski definition) is 1. The molecule has 0 unspecified atom stereocenters. The van der Waals surface area contributed by atoms with Gasteiger partial charge in [-0.2, -0.15) is 0 Å². The minimum atomic E-state index is -0.300. The number of hydrogen-bond acceptors (Lipinski definition) is 2. The standard InChI is InChI=1S/C21H25FN2O2/c1-14-19(15(2)25)13-20(16-7-9-17(22)10-8-16)24(14)12-11-21(26)23-18-5-3-4-6-18/h7-10,13,18H,3-6,11-12H2,1-2H3,(H,23,26). The zero-order chi connectivity index (χ0) is 18.7. The van der Waals surface area contributed by atoms with E-state index in [0.29, 0.717) is 24.6 Å². The van der Waals surface area contributed by atoms with Crippen molar-refractivity contribution in [1.82, 2.24) is 9.88 Å². The maximum atomic E-state index is 13.2. The van der Waals surface area contributed by atoms with Gasteiger partial charge in [-0.25, -0.2) is 4.39 Å². The largest absolute Gasteiger partial charge is 0.353 e. The van der Waals surface area contributed by atoms with E-state index in [1.54, 1.807) is 12.1 Å². The van der Waals surface area contributed by atoms with E-state index >= 15 is 0 Å². The summed E-state index contributed by atoms with van der Waals surface area (Å²) in [6, 6.07) is 8.34. The van der Waals surface area contributed by atoms with Crippen LogP contribution < -0.4 is 5.32 Å². The fraction of sp³-hybridized carbons (Fsp3) is 0.429. The molecule has 0 bridgehead atoms. The fourth-order valence-electron chi connectivity index (χ4n) is 3.73. The molecular formula is C21H25FN2O2. The molecule has 1 aliphatic carbocycles. The molecule has 0 atom stereocenters. The number of benzene rings is 1. The second-order valence-electron chi connectivity index (χ2n) is 7.04. The molecule has 2 aromatic rings. The summed E-state index contributed by atoms with van der Waals surface area (Å²) in [6.07, 6.45) is 4.83. The van der Waals surface area contributed by atoms with Crippen LogP contribution in [0.3, 0.4) is 0 Å². The molecule has 0 aliphatic heterocycles. The topological polar surface area (TPSA) is 51.1 Å². The summed E-state index contributed by atoms with van der Waals surface area (Å²) in [4.78, 5) is 24.2. The van der Waals surface area contributed by atoms with E-state index in [1.807, 2.05) is 17.6 Å². The summed E-state index contributed by atoms with van der Waals surface area (Å²) < 4.78 is 15.2. The molecule has 0 saturated heterocycles. The predicted molar refractivity (Wildman–Crippen MR) is 99.6 cm³/mol. The first-order valence-electron chi connectivity index (χ1n) is 9.22. The normalized spacial score (nSPS) is 14.6. The number of ketones is 1. The van der Waals surface area contributed by atoms with Gasteiger partial charge in [0.2, 0.25) is 5.91 Å². The van der Waals surface area contributed by atoms with Gasteiger partial charge >= 0.3 is 0 Å². The first-order chi connectivity index (χ1) is 12.5. The Balaban J connectivity index is 1.81. The van der Waals surface area contributed by atoms with Gasteiger partial charge in [0.25, 0.3) is 0 Å². The van der Waals surface area contributed by atoms with Gasteiger partial charge in [0, 0.05) is 36.0 Å². The van der Waals surface area contributed by atoms with E-state index in [2.05, 4.69) is 5.32 Å². The lowest BCUT2D eigenvalue weighted by molar-refractivity contribution is -0.122. The maximum Gasteiger partial charge on any atom is 0.222 e. The molecule has 1 N–H and O–H groups in total. The van der Waals surface area contributed by atoms with Gasteiger partial charge in [0.1, 0.15) is 5.82 Å². The maximum absolute atomic E-state index is 13.2. The van der Waals surface area contributed by atoms with Crippen LogP contribution in [0.1, 0.15) is 55.1 Å². The number of Topliss-reactive ketones (excluding diaryl/α,β-unsaturated/α-hetero) is 1. The Labute approximate surface area is 153 Å². The van der Waals surface area contributed by atoms with Crippen LogP contribution in [0.15, 0.2) is 30.3 Å². The van der Waals surface area contributed by atoms with Crippen molar-refractivity contribution in [3.8, 4) is 11.3 Å². The smallest absolute Gasteiger partial charge is 0.222 e. The summed E-state index contributed by atoms with van der Waals surface area (Å²) >= 11 is 0. The second kappa shape index (κ2) is 7.85. The van der Waals surface area contributed by atoms with Crippen LogP contribution >= 0.6 is 0 Å². The Morgan fingerprint density at radius 1 is 1.19 bits per heavy atom. The molecule has 3 rings (SSSR count). The Bertz CT molecular complexity index is 802. The van der Waals surface area contributed by atoms with Gasteiger partial charge < -0.3 is 9.88 Å². The highest BCUT2D eigenvalue weighted by Gasteiger charge is 2.19. The number of rotatable bonds is 6. The Hall–Kier alpha value is -2.43. The van der Waals surface area contributed by atoms with E-state index < -0.39 is 0 Å². The number of carbonyl (C=O) groups excluding carboxylic acids is 2. The van der Waals surface area contributed by atoms with E-state index in [9.17, 15) is 14.0 Å². The fourth-order valence-corrected chi connectivity index (χ4v) is 3.73. The summed E-state index contributed by atoms with van der Waals surface area (Å²) in [5, 5.41) is 3.10. The van der Waals surface area contributed by atoms with E-state index in [1.165, 1.54) is 31.9 Å². The van der Waals surface area contributed by atoms with Crippen LogP contribution in [-0.2, 0) is 11.3 Å². The summed E-state index contributed by atoms with van der Waals surface area (Å²) in [5.74, 6) is -0.272. The van der Waals surface area contributed by atoms with Gasteiger partial charge in [0.15, 0.2) is 5.78 Å². The van der Waals surface area contributed by atoms with Crippen LogP contribution in [0.5, 0.6) is 0 Å². The third-order valence-electron chi connectivity index (χ3n) is 5.17. The lowest BCUT2D eigenvalue weighted by Gasteiger charge is -2.15. The Morgan fingerprint density at radius 3 is 2.46 bits per heavy atom. The predicted octanol–water partition coefficient (Wildman–Crippen LogP) is 4.25. The molecule has 1 aliphatic rings. The number of nitrogens with zero attached hydrogens (tertiary/aromatic N) is 1. The number of amides is 1. The van der Waals surface area contributed by atoms with Crippen LogP contribution in [0, 0.1) is 12.7 Å². The molecule has 0 spiro atoms. The third kappa shape index (κ3) is 4.03. The van der Waals surface area contributed by atoms with Crippen molar-refractivity contribution in [3.63, 3.8) is 0 Å². The van der Waals surface area contributed by atoms with Crippen LogP contribution in [0.4, 0.5) is 4.39 Å². The van der Waals surface area contributed by atoms with Crippen molar-refractivity contribution in [2.45, 2.75) is 58.5 Å². The molecule has 1 heterocycles. The lowest BCUT2D eigenvalue weighted by Crippen LogP contribution is -2.33. The zero-order valence-electron chi connectivity index (χ0n) is 15.3. The van der Waals surface area contributed by atoms with Crippen LogP contribution in [0.2, 0.25) is 0 Å². The van der Waals surface area contributed by atoms with Crippen molar-refractivity contribution >= 4 is 11.7 Å². The van der Waals surface area contributed by atoms with Gasteiger partial charge in [-0.1, -0.05) is 12.8 Å². The zero-order valence-corrected chi connectivity index (χ0v) is 15.3. The Kier molecular flexibility index (Phi) is 5.55. The molecule has 26 heavy (non-hydrogen) atoms. The third-order valence-corrected chi connectivity index (χ3v) is 5.17. The highest BCUT2D eigenvalue weighted by atomic mass is 19.1. The van der Waals surface area contributed by atoms with Gasteiger partial charge in [-0.05, 0) is 62.6 Å². The first kappa shape index (κ1) is 18.4. The molecular weight excluding hydrogens is 331 g/mol. The molecule has 1 aromatic heterocycles. The number of carbonyl (C=O) groups is 2. The van der Waals surface area contributed by atoms with Gasteiger partial charge in [-0.3, -0.25) is 9.59 Å². The summed E-state index contributed by atoms with van der Waals surface area (Å²) in [5.41, 5.74) is 3.14. The molecule has 138 valence electrons. The van der Waals surface area contributed by atoms with Gasteiger partial charge in [-0.15, -0.1) is 0 Å².